The van der Waals surface area contributed by atoms with Gasteiger partial charge in [-0.2, -0.15) is 0 Å². The van der Waals surface area contributed by atoms with E-state index < -0.39 is 22.2 Å². The van der Waals surface area contributed by atoms with Gasteiger partial charge in [0, 0.05) is 12.5 Å². The standard InChI is InChI=1S/C14H20FNO4S/c1-21(18,19)16-9-10-3-2-4-13(14(10)17)20-12-7-5-11(15)6-8-12/h5-8,10,13-14,16-17H,2-4,9H2,1H3/t10-,13-,14-/m1/s1. The molecule has 1 aliphatic carbocycles. The zero-order valence-electron chi connectivity index (χ0n) is 11.8. The summed E-state index contributed by atoms with van der Waals surface area (Å²) in [6, 6.07) is 5.63. The van der Waals surface area contributed by atoms with Crippen LogP contribution in [0.5, 0.6) is 5.75 Å². The summed E-state index contributed by atoms with van der Waals surface area (Å²) >= 11 is 0. The normalized spacial score (nSPS) is 26.5. The minimum Gasteiger partial charge on any atom is -0.488 e. The summed E-state index contributed by atoms with van der Waals surface area (Å²) in [6.07, 6.45) is 2.21. The molecule has 21 heavy (non-hydrogen) atoms. The van der Waals surface area contributed by atoms with Crippen LogP contribution < -0.4 is 9.46 Å². The van der Waals surface area contributed by atoms with Gasteiger partial charge in [0.25, 0.3) is 0 Å². The zero-order valence-corrected chi connectivity index (χ0v) is 12.6. The van der Waals surface area contributed by atoms with Crippen molar-refractivity contribution in [3.05, 3.63) is 30.1 Å². The first-order valence-corrected chi connectivity index (χ1v) is 8.79. The Labute approximate surface area is 124 Å². The monoisotopic (exact) mass is 317 g/mol. The summed E-state index contributed by atoms with van der Waals surface area (Å²) in [5.74, 6) is -0.0298. The third kappa shape index (κ3) is 4.94. The van der Waals surface area contributed by atoms with Crippen molar-refractivity contribution < 1.29 is 22.7 Å². The van der Waals surface area contributed by atoms with Crippen LogP contribution in [0.3, 0.4) is 0 Å². The largest absolute Gasteiger partial charge is 0.488 e. The molecule has 1 aliphatic rings. The van der Waals surface area contributed by atoms with Crippen LogP contribution in [0.25, 0.3) is 0 Å². The zero-order chi connectivity index (χ0) is 15.5. The number of ether oxygens (including phenoxy) is 1. The van der Waals surface area contributed by atoms with E-state index in [2.05, 4.69) is 4.72 Å². The number of hydrogen-bond acceptors (Lipinski definition) is 4. The molecule has 1 saturated carbocycles. The van der Waals surface area contributed by atoms with Crippen molar-refractivity contribution in [1.82, 2.24) is 4.72 Å². The number of hydrogen-bond donors (Lipinski definition) is 2. The predicted octanol–water partition coefficient (Wildman–Crippen LogP) is 1.28. The highest BCUT2D eigenvalue weighted by molar-refractivity contribution is 7.88. The van der Waals surface area contributed by atoms with Gasteiger partial charge in [0.1, 0.15) is 17.7 Å². The summed E-state index contributed by atoms with van der Waals surface area (Å²) in [5, 5.41) is 10.3. The van der Waals surface area contributed by atoms with E-state index in [0.29, 0.717) is 12.2 Å². The van der Waals surface area contributed by atoms with E-state index in [1.165, 1.54) is 24.3 Å². The summed E-state index contributed by atoms with van der Waals surface area (Å²) < 4.78 is 43.2. The Morgan fingerprint density at radius 1 is 1.33 bits per heavy atom. The Morgan fingerprint density at radius 2 is 2.00 bits per heavy atom. The molecule has 0 spiro atoms. The van der Waals surface area contributed by atoms with Crippen molar-refractivity contribution in [2.75, 3.05) is 12.8 Å². The van der Waals surface area contributed by atoms with Gasteiger partial charge in [-0.25, -0.2) is 17.5 Å². The molecule has 1 aromatic rings. The van der Waals surface area contributed by atoms with E-state index in [4.69, 9.17) is 4.74 Å². The van der Waals surface area contributed by atoms with Crippen molar-refractivity contribution in [2.45, 2.75) is 31.5 Å². The van der Waals surface area contributed by atoms with Crippen molar-refractivity contribution in [3.63, 3.8) is 0 Å². The van der Waals surface area contributed by atoms with E-state index in [1.54, 1.807) is 0 Å². The Hall–Kier alpha value is -1.18. The molecule has 0 radical (unpaired) electrons. The van der Waals surface area contributed by atoms with Crippen molar-refractivity contribution in [1.29, 1.82) is 0 Å². The maximum absolute atomic E-state index is 12.8. The first kappa shape index (κ1) is 16.2. The second-order valence-corrected chi connectivity index (χ2v) is 7.25. The second-order valence-electron chi connectivity index (χ2n) is 5.41. The topological polar surface area (TPSA) is 75.6 Å². The third-order valence-corrected chi connectivity index (χ3v) is 4.33. The molecule has 0 heterocycles. The molecule has 2 N–H and O–H groups in total. The smallest absolute Gasteiger partial charge is 0.208 e. The number of rotatable bonds is 5. The molecule has 7 heteroatoms. The molecule has 0 amide bonds. The molecule has 0 aromatic heterocycles. The van der Waals surface area contributed by atoms with Gasteiger partial charge in [-0.05, 0) is 43.5 Å². The van der Waals surface area contributed by atoms with Crippen LogP contribution in [0.2, 0.25) is 0 Å². The lowest BCUT2D eigenvalue weighted by atomic mass is 9.84. The Bertz CT molecular complexity index is 561. The maximum Gasteiger partial charge on any atom is 0.208 e. The van der Waals surface area contributed by atoms with Crippen LogP contribution in [-0.4, -0.2) is 38.5 Å². The first-order chi connectivity index (χ1) is 9.85. The van der Waals surface area contributed by atoms with Gasteiger partial charge in [0.2, 0.25) is 10.0 Å². The number of aliphatic hydroxyl groups excluding tert-OH is 1. The number of aliphatic hydroxyl groups is 1. The van der Waals surface area contributed by atoms with E-state index in [-0.39, 0.29) is 18.3 Å². The maximum atomic E-state index is 12.8. The molecular weight excluding hydrogens is 297 g/mol. The fourth-order valence-electron chi connectivity index (χ4n) is 2.52. The summed E-state index contributed by atoms with van der Waals surface area (Å²) in [7, 11) is -3.27. The molecule has 118 valence electrons. The highest BCUT2D eigenvalue weighted by atomic mass is 32.2. The highest BCUT2D eigenvalue weighted by Gasteiger charge is 2.33. The van der Waals surface area contributed by atoms with Gasteiger partial charge in [-0.15, -0.1) is 0 Å². The molecule has 2 rings (SSSR count). The van der Waals surface area contributed by atoms with E-state index >= 15 is 0 Å². The van der Waals surface area contributed by atoms with Crippen LogP contribution in [0.4, 0.5) is 4.39 Å². The Balaban J connectivity index is 1.95. The van der Waals surface area contributed by atoms with Gasteiger partial charge in [0.05, 0.1) is 12.4 Å². The Morgan fingerprint density at radius 3 is 2.62 bits per heavy atom. The van der Waals surface area contributed by atoms with Crippen LogP contribution in [0, 0.1) is 11.7 Å². The molecule has 0 saturated heterocycles. The number of sulfonamides is 1. The fraction of sp³-hybridized carbons (Fsp3) is 0.571. The summed E-state index contributed by atoms with van der Waals surface area (Å²) in [6.45, 7) is 0.198. The van der Waals surface area contributed by atoms with Crippen molar-refractivity contribution in [3.8, 4) is 5.75 Å². The molecule has 3 atom stereocenters. The third-order valence-electron chi connectivity index (χ3n) is 3.64. The van der Waals surface area contributed by atoms with Crippen LogP contribution in [0.15, 0.2) is 24.3 Å². The van der Waals surface area contributed by atoms with Gasteiger partial charge in [-0.1, -0.05) is 0 Å². The first-order valence-electron chi connectivity index (χ1n) is 6.90. The number of benzene rings is 1. The number of halogens is 1. The van der Waals surface area contributed by atoms with E-state index in [1.807, 2.05) is 0 Å². The Kier molecular flexibility index (Phi) is 5.18. The average molecular weight is 317 g/mol. The van der Waals surface area contributed by atoms with Crippen molar-refractivity contribution >= 4 is 10.0 Å². The SMILES string of the molecule is CS(=O)(=O)NC[C@H]1CCC[C@@H](Oc2ccc(F)cc2)[C@@H]1O. The lowest BCUT2D eigenvalue weighted by Gasteiger charge is -2.34. The molecule has 0 unspecified atom stereocenters. The van der Waals surface area contributed by atoms with Crippen LogP contribution in [0.1, 0.15) is 19.3 Å². The number of nitrogens with one attached hydrogen (secondary N) is 1. The molecule has 1 fully saturated rings. The second kappa shape index (κ2) is 6.72. The molecule has 0 bridgehead atoms. The minimum atomic E-state index is -3.27. The summed E-state index contributed by atoms with van der Waals surface area (Å²) in [4.78, 5) is 0. The predicted molar refractivity (Wildman–Crippen MR) is 77.0 cm³/mol. The van der Waals surface area contributed by atoms with Gasteiger partial charge in [0.15, 0.2) is 0 Å². The molecule has 1 aromatic carbocycles. The van der Waals surface area contributed by atoms with Gasteiger partial charge >= 0.3 is 0 Å². The molecule has 5 nitrogen and oxygen atoms in total. The molecular formula is C14H20FNO4S. The lowest BCUT2D eigenvalue weighted by Crippen LogP contribution is -2.45. The highest BCUT2D eigenvalue weighted by Crippen LogP contribution is 2.28. The van der Waals surface area contributed by atoms with Crippen molar-refractivity contribution in [2.24, 2.45) is 5.92 Å². The van der Waals surface area contributed by atoms with E-state index in [0.717, 1.165) is 19.1 Å². The van der Waals surface area contributed by atoms with Crippen LogP contribution >= 0.6 is 0 Å². The van der Waals surface area contributed by atoms with Gasteiger partial charge < -0.3 is 9.84 Å². The lowest BCUT2D eigenvalue weighted by molar-refractivity contribution is -0.0292. The van der Waals surface area contributed by atoms with Crippen LogP contribution in [-0.2, 0) is 10.0 Å². The minimum absolute atomic E-state index is 0.182. The average Bonchev–Trinajstić information content (AvgIpc) is 2.41. The fourth-order valence-corrected chi connectivity index (χ4v) is 3.04. The molecule has 0 aliphatic heterocycles. The van der Waals surface area contributed by atoms with Gasteiger partial charge in [-0.3, -0.25) is 0 Å². The quantitative estimate of drug-likeness (QED) is 0.858. The van der Waals surface area contributed by atoms with E-state index in [9.17, 15) is 17.9 Å². The summed E-state index contributed by atoms with van der Waals surface area (Å²) in [5.41, 5.74) is 0.